The van der Waals surface area contributed by atoms with E-state index in [1.807, 2.05) is 25.1 Å². The number of nitrogens with one attached hydrogen (secondary N) is 1. The maximum absolute atomic E-state index is 12.7. The van der Waals surface area contributed by atoms with Gasteiger partial charge in [0.1, 0.15) is 0 Å². The van der Waals surface area contributed by atoms with Gasteiger partial charge in [-0.25, -0.2) is 0 Å². The zero-order valence-electron chi connectivity index (χ0n) is 19.1. The van der Waals surface area contributed by atoms with Gasteiger partial charge in [-0.05, 0) is 75.6 Å². The molecule has 1 N–H and O–H groups in total. The third-order valence-electron chi connectivity index (χ3n) is 7.19. The minimum absolute atomic E-state index is 0.00999. The van der Waals surface area contributed by atoms with Crippen LogP contribution in [0.1, 0.15) is 60.0 Å². The van der Waals surface area contributed by atoms with Gasteiger partial charge in [0, 0.05) is 63.0 Å². The van der Waals surface area contributed by atoms with Crippen molar-refractivity contribution in [2.24, 2.45) is 5.92 Å². The highest BCUT2D eigenvalue weighted by molar-refractivity contribution is 5.94. The van der Waals surface area contributed by atoms with Crippen LogP contribution >= 0.6 is 0 Å². The van der Waals surface area contributed by atoms with E-state index in [0.29, 0.717) is 24.5 Å². The molecule has 6 nitrogen and oxygen atoms in total. The lowest BCUT2D eigenvalue weighted by Gasteiger charge is -2.44. The SMILES string of the molecule is Cc1ccc(C(=O)NCCN(C2CCOCC2)C2CCCN(C(=O)C3CC3)C2)cc1C. The van der Waals surface area contributed by atoms with Gasteiger partial charge in [-0.2, -0.15) is 0 Å². The standard InChI is InChI=1S/C25H37N3O3/c1-18-5-6-21(16-19(18)2)24(29)26-11-13-28(22-9-14-31-15-10-22)23-4-3-12-27(17-23)25(30)20-7-8-20/h5-6,16,20,22-23H,3-4,7-15,17H2,1-2H3,(H,26,29). The smallest absolute Gasteiger partial charge is 0.251 e. The molecule has 1 saturated carbocycles. The molecule has 2 amide bonds. The summed E-state index contributed by atoms with van der Waals surface area (Å²) in [5, 5.41) is 3.12. The van der Waals surface area contributed by atoms with Crippen molar-refractivity contribution in [3.8, 4) is 0 Å². The van der Waals surface area contributed by atoms with Crippen molar-refractivity contribution in [2.75, 3.05) is 39.4 Å². The molecule has 1 aromatic carbocycles. The number of hydrogen-bond donors (Lipinski definition) is 1. The molecule has 3 fully saturated rings. The first-order valence-corrected chi connectivity index (χ1v) is 12.0. The van der Waals surface area contributed by atoms with Crippen LogP contribution in [-0.4, -0.2) is 73.1 Å². The van der Waals surface area contributed by atoms with Crippen LogP contribution in [0.5, 0.6) is 0 Å². The molecule has 1 aromatic rings. The second kappa shape index (κ2) is 10.1. The van der Waals surface area contributed by atoms with Gasteiger partial charge in [-0.1, -0.05) is 6.07 Å². The number of piperidine rings is 1. The maximum atomic E-state index is 12.7. The Kier molecular flexibility index (Phi) is 7.28. The van der Waals surface area contributed by atoms with Crippen LogP contribution in [0.4, 0.5) is 0 Å². The van der Waals surface area contributed by atoms with Gasteiger partial charge >= 0.3 is 0 Å². The number of carbonyl (C=O) groups excluding carboxylic acids is 2. The van der Waals surface area contributed by atoms with Crippen LogP contribution < -0.4 is 5.32 Å². The van der Waals surface area contributed by atoms with Crippen LogP contribution in [0.3, 0.4) is 0 Å². The number of rotatable bonds is 7. The fraction of sp³-hybridized carbons (Fsp3) is 0.680. The Bertz CT molecular complexity index is 786. The second-order valence-electron chi connectivity index (χ2n) is 9.49. The molecule has 1 unspecified atom stereocenters. The van der Waals surface area contributed by atoms with Crippen LogP contribution in [0.2, 0.25) is 0 Å². The summed E-state index contributed by atoms with van der Waals surface area (Å²) in [5.41, 5.74) is 3.06. The molecule has 4 rings (SSSR count). The number of nitrogens with zero attached hydrogens (tertiary/aromatic N) is 2. The Morgan fingerprint density at radius 2 is 1.84 bits per heavy atom. The average molecular weight is 428 g/mol. The van der Waals surface area contributed by atoms with Crippen molar-refractivity contribution in [1.82, 2.24) is 15.1 Å². The lowest BCUT2D eigenvalue weighted by atomic mass is 9.98. The molecule has 2 saturated heterocycles. The number of hydrogen-bond acceptors (Lipinski definition) is 4. The Morgan fingerprint density at radius 1 is 1.06 bits per heavy atom. The monoisotopic (exact) mass is 427 g/mol. The first-order chi connectivity index (χ1) is 15.0. The predicted octanol–water partition coefficient (Wildman–Crippen LogP) is 2.92. The quantitative estimate of drug-likeness (QED) is 0.727. The number of benzene rings is 1. The molecule has 170 valence electrons. The van der Waals surface area contributed by atoms with E-state index in [-0.39, 0.29) is 11.8 Å². The first kappa shape index (κ1) is 22.3. The highest BCUT2D eigenvalue weighted by Crippen LogP contribution is 2.32. The summed E-state index contributed by atoms with van der Waals surface area (Å²) in [5.74, 6) is 0.636. The summed E-state index contributed by atoms with van der Waals surface area (Å²) >= 11 is 0. The number of aryl methyl sites for hydroxylation is 2. The zero-order valence-corrected chi connectivity index (χ0v) is 19.1. The summed E-state index contributed by atoms with van der Waals surface area (Å²) in [6.45, 7) is 8.87. The molecule has 31 heavy (non-hydrogen) atoms. The van der Waals surface area contributed by atoms with Crippen molar-refractivity contribution >= 4 is 11.8 Å². The fourth-order valence-electron chi connectivity index (χ4n) is 4.98. The summed E-state index contributed by atoms with van der Waals surface area (Å²) in [7, 11) is 0. The minimum Gasteiger partial charge on any atom is -0.381 e. The summed E-state index contributed by atoms with van der Waals surface area (Å²) in [6.07, 6.45) is 6.37. The molecule has 0 aromatic heterocycles. The number of likely N-dealkylation sites (tertiary alicyclic amines) is 1. The van der Waals surface area contributed by atoms with Gasteiger partial charge in [0.2, 0.25) is 5.91 Å². The largest absolute Gasteiger partial charge is 0.381 e. The lowest BCUT2D eigenvalue weighted by molar-refractivity contribution is -0.135. The van der Waals surface area contributed by atoms with E-state index in [2.05, 4.69) is 22.0 Å². The fourth-order valence-corrected chi connectivity index (χ4v) is 4.98. The van der Waals surface area contributed by atoms with E-state index in [4.69, 9.17) is 4.74 Å². The highest BCUT2D eigenvalue weighted by atomic mass is 16.5. The minimum atomic E-state index is -0.00999. The first-order valence-electron chi connectivity index (χ1n) is 12.0. The van der Waals surface area contributed by atoms with Gasteiger partial charge < -0.3 is 15.0 Å². The van der Waals surface area contributed by atoms with Crippen LogP contribution in [0, 0.1) is 19.8 Å². The van der Waals surface area contributed by atoms with Crippen molar-refractivity contribution < 1.29 is 14.3 Å². The zero-order chi connectivity index (χ0) is 21.8. The molecular weight excluding hydrogens is 390 g/mol. The van der Waals surface area contributed by atoms with E-state index in [1.165, 1.54) is 5.56 Å². The molecule has 0 bridgehead atoms. The van der Waals surface area contributed by atoms with E-state index < -0.39 is 0 Å². The molecule has 3 aliphatic rings. The average Bonchev–Trinajstić information content (AvgIpc) is 3.64. The van der Waals surface area contributed by atoms with Crippen molar-refractivity contribution in [2.45, 2.75) is 64.5 Å². The summed E-state index contributed by atoms with van der Waals surface area (Å²) < 4.78 is 5.60. The Hall–Kier alpha value is -1.92. The lowest BCUT2D eigenvalue weighted by Crippen LogP contribution is -2.55. The molecule has 1 aliphatic carbocycles. The van der Waals surface area contributed by atoms with Gasteiger partial charge in [-0.15, -0.1) is 0 Å². The van der Waals surface area contributed by atoms with Crippen molar-refractivity contribution in [3.05, 3.63) is 34.9 Å². The Balaban J connectivity index is 1.37. The van der Waals surface area contributed by atoms with Gasteiger partial charge in [-0.3, -0.25) is 14.5 Å². The highest BCUT2D eigenvalue weighted by Gasteiger charge is 2.37. The van der Waals surface area contributed by atoms with Gasteiger partial charge in [0.25, 0.3) is 5.91 Å². The Labute approximate surface area is 186 Å². The molecule has 0 radical (unpaired) electrons. The third-order valence-corrected chi connectivity index (χ3v) is 7.19. The van der Waals surface area contributed by atoms with E-state index in [9.17, 15) is 9.59 Å². The number of carbonyl (C=O) groups is 2. The van der Waals surface area contributed by atoms with E-state index in [1.54, 1.807) is 0 Å². The molecule has 2 heterocycles. The Morgan fingerprint density at radius 3 is 2.55 bits per heavy atom. The topological polar surface area (TPSA) is 61.9 Å². The number of ether oxygens (including phenoxy) is 1. The summed E-state index contributed by atoms with van der Waals surface area (Å²) in [4.78, 5) is 30.0. The van der Waals surface area contributed by atoms with Crippen LogP contribution in [0.15, 0.2) is 18.2 Å². The molecule has 1 atom stereocenters. The van der Waals surface area contributed by atoms with Gasteiger partial charge in [0.05, 0.1) is 0 Å². The van der Waals surface area contributed by atoms with Crippen LogP contribution in [0.25, 0.3) is 0 Å². The van der Waals surface area contributed by atoms with E-state index >= 15 is 0 Å². The van der Waals surface area contributed by atoms with Crippen LogP contribution in [-0.2, 0) is 9.53 Å². The van der Waals surface area contributed by atoms with E-state index in [0.717, 1.165) is 82.5 Å². The normalized spacial score (nSPS) is 22.5. The third kappa shape index (κ3) is 5.66. The number of amides is 2. The molecule has 2 aliphatic heterocycles. The maximum Gasteiger partial charge on any atom is 0.251 e. The molecule has 0 spiro atoms. The second-order valence-corrected chi connectivity index (χ2v) is 9.49. The molecular formula is C25H37N3O3. The van der Waals surface area contributed by atoms with Crippen molar-refractivity contribution in [1.29, 1.82) is 0 Å². The predicted molar refractivity (Wildman–Crippen MR) is 121 cm³/mol. The van der Waals surface area contributed by atoms with Gasteiger partial charge in [0.15, 0.2) is 0 Å². The van der Waals surface area contributed by atoms with Crippen molar-refractivity contribution in [3.63, 3.8) is 0 Å². The molecule has 6 heteroatoms. The summed E-state index contributed by atoms with van der Waals surface area (Å²) in [6, 6.07) is 6.71.